The molecule has 1 fully saturated rings. The molecule has 20 heavy (non-hydrogen) atoms. The van der Waals surface area contributed by atoms with Crippen molar-refractivity contribution in [3.8, 4) is 5.75 Å². The second-order valence-electron chi connectivity index (χ2n) is 4.87. The number of hydrogen-bond acceptors (Lipinski definition) is 3. The lowest BCUT2D eigenvalue weighted by atomic mass is 10.1. The number of rotatable bonds is 4. The van der Waals surface area contributed by atoms with Crippen LogP contribution in [0.15, 0.2) is 54.6 Å². The zero-order chi connectivity index (χ0) is 13.8. The summed E-state index contributed by atoms with van der Waals surface area (Å²) in [5.74, 6) is 0.448. The molecule has 0 bridgehead atoms. The lowest BCUT2D eigenvalue weighted by Gasteiger charge is -2.10. The summed E-state index contributed by atoms with van der Waals surface area (Å²) in [6.45, 7) is 0.454. The molecule has 0 aromatic heterocycles. The van der Waals surface area contributed by atoms with Crippen LogP contribution in [0.1, 0.15) is 17.5 Å². The molecule has 0 spiro atoms. The van der Waals surface area contributed by atoms with Crippen molar-refractivity contribution in [2.45, 2.75) is 18.9 Å². The first-order chi connectivity index (χ1) is 9.81. The number of carbonyl (C=O) groups excluding carboxylic acids is 1. The van der Waals surface area contributed by atoms with Gasteiger partial charge in [-0.25, -0.2) is 4.79 Å². The standard InChI is InChI=1S/C17H16O3/c18-17-16(10-11-19-17)20-15-8-6-14(7-9-15)12-13-4-2-1-3-5-13/h1-9,16H,10-12H2. The summed E-state index contributed by atoms with van der Waals surface area (Å²) in [5, 5.41) is 0. The van der Waals surface area contributed by atoms with Gasteiger partial charge in [0.05, 0.1) is 6.61 Å². The molecule has 0 N–H and O–H groups in total. The summed E-state index contributed by atoms with van der Waals surface area (Å²) in [5.41, 5.74) is 2.50. The van der Waals surface area contributed by atoms with Gasteiger partial charge in [-0.05, 0) is 29.7 Å². The van der Waals surface area contributed by atoms with Crippen LogP contribution >= 0.6 is 0 Å². The van der Waals surface area contributed by atoms with Crippen LogP contribution in [0.3, 0.4) is 0 Å². The second kappa shape index (κ2) is 5.78. The third-order valence-corrected chi connectivity index (χ3v) is 3.34. The third-order valence-electron chi connectivity index (χ3n) is 3.34. The molecule has 3 nitrogen and oxygen atoms in total. The summed E-state index contributed by atoms with van der Waals surface area (Å²) >= 11 is 0. The lowest BCUT2D eigenvalue weighted by molar-refractivity contribution is -0.143. The second-order valence-corrected chi connectivity index (χ2v) is 4.87. The first-order valence-electron chi connectivity index (χ1n) is 6.77. The van der Waals surface area contributed by atoms with Crippen LogP contribution < -0.4 is 4.74 Å². The molecule has 0 saturated carbocycles. The van der Waals surface area contributed by atoms with Gasteiger partial charge in [-0.2, -0.15) is 0 Å². The summed E-state index contributed by atoms with van der Waals surface area (Å²) in [7, 11) is 0. The lowest BCUT2D eigenvalue weighted by Crippen LogP contribution is -2.21. The Bertz CT molecular complexity index is 575. The number of esters is 1. The number of benzene rings is 2. The van der Waals surface area contributed by atoms with Crippen molar-refractivity contribution < 1.29 is 14.3 Å². The molecule has 102 valence electrons. The molecule has 3 heteroatoms. The Morgan fingerprint density at radius 3 is 2.35 bits per heavy atom. The molecule has 2 aromatic carbocycles. The zero-order valence-corrected chi connectivity index (χ0v) is 11.1. The normalized spacial score (nSPS) is 17.8. The van der Waals surface area contributed by atoms with Crippen LogP contribution in [0.2, 0.25) is 0 Å². The number of ether oxygens (including phenoxy) is 2. The van der Waals surface area contributed by atoms with Crippen molar-refractivity contribution in [2.24, 2.45) is 0 Å². The zero-order valence-electron chi connectivity index (χ0n) is 11.1. The van der Waals surface area contributed by atoms with Crippen molar-refractivity contribution in [1.82, 2.24) is 0 Å². The van der Waals surface area contributed by atoms with E-state index >= 15 is 0 Å². The highest BCUT2D eigenvalue weighted by atomic mass is 16.6. The minimum absolute atomic E-state index is 0.265. The van der Waals surface area contributed by atoms with E-state index in [9.17, 15) is 4.79 Å². The van der Waals surface area contributed by atoms with Gasteiger partial charge in [0.1, 0.15) is 5.75 Å². The van der Waals surface area contributed by atoms with Crippen LogP contribution in [0.5, 0.6) is 5.75 Å². The average molecular weight is 268 g/mol. The Hall–Kier alpha value is -2.29. The molecule has 2 aromatic rings. The molecule has 3 rings (SSSR count). The van der Waals surface area contributed by atoms with Gasteiger partial charge in [0.25, 0.3) is 0 Å². The largest absolute Gasteiger partial charge is 0.479 e. The molecule has 1 saturated heterocycles. The van der Waals surface area contributed by atoms with Gasteiger partial charge < -0.3 is 9.47 Å². The molecule has 0 radical (unpaired) electrons. The van der Waals surface area contributed by atoms with Crippen molar-refractivity contribution in [3.05, 3.63) is 65.7 Å². The average Bonchev–Trinajstić information content (AvgIpc) is 2.88. The van der Waals surface area contributed by atoms with Gasteiger partial charge in [0.2, 0.25) is 0 Å². The van der Waals surface area contributed by atoms with Crippen molar-refractivity contribution >= 4 is 5.97 Å². The maximum absolute atomic E-state index is 11.3. The van der Waals surface area contributed by atoms with Crippen LogP contribution in [-0.4, -0.2) is 18.7 Å². The Morgan fingerprint density at radius 2 is 1.70 bits per heavy atom. The molecule has 1 unspecified atom stereocenters. The van der Waals surface area contributed by atoms with Crippen LogP contribution in [0.25, 0.3) is 0 Å². The van der Waals surface area contributed by atoms with E-state index in [2.05, 4.69) is 12.1 Å². The highest BCUT2D eigenvalue weighted by Crippen LogP contribution is 2.19. The van der Waals surface area contributed by atoms with E-state index in [1.54, 1.807) is 0 Å². The fourth-order valence-electron chi connectivity index (χ4n) is 2.27. The molecular formula is C17H16O3. The van der Waals surface area contributed by atoms with E-state index in [0.29, 0.717) is 18.8 Å². The molecule has 0 amide bonds. The quantitative estimate of drug-likeness (QED) is 0.800. The van der Waals surface area contributed by atoms with Crippen LogP contribution in [-0.2, 0) is 16.0 Å². The van der Waals surface area contributed by atoms with E-state index in [0.717, 1.165) is 6.42 Å². The number of carbonyl (C=O) groups is 1. The third kappa shape index (κ3) is 2.99. The minimum Gasteiger partial charge on any atom is -0.479 e. The Kier molecular flexibility index (Phi) is 3.68. The van der Waals surface area contributed by atoms with Crippen molar-refractivity contribution in [1.29, 1.82) is 0 Å². The molecule has 1 atom stereocenters. The SMILES string of the molecule is O=C1OCCC1Oc1ccc(Cc2ccccc2)cc1. The highest BCUT2D eigenvalue weighted by Gasteiger charge is 2.28. The van der Waals surface area contributed by atoms with Crippen molar-refractivity contribution in [2.75, 3.05) is 6.61 Å². The molecular weight excluding hydrogens is 252 g/mol. The Balaban J connectivity index is 1.64. The maximum atomic E-state index is 11.3. The summed E-state index contributed by atoms with van der Waals surface area (Å²) in [4.78, 5) is 11.3. The van der Waals surface area contributed by atoms with Gasteiger partial charge in [0, 0.05) is 6.42 Å². The summed E-state index contributed by atoms with van der Waals surface area (Å²) < 4.78 is 10.5. The van der Waals surface area contributed by atoms with E-state index in [1.165, 1.54) is 11.1 Å². The smallest absolute Gasteiger partial charge is 0.347 e. The predicted octanol–water partition coefficient (Wildman–Crippen LogP) is 2.97. The maximum Gasteiger partial charge on any atom is 0.347 e. The van der Waals surface area contributed by atoms with E-state index < -0.39 is 6.10 Å². The number of cyclic esters (lactones) is 1. The molecule has 1 aliphatic heterocycles. The highest BCUT2D eigenvalue weighted by molar-refractivity contribution is 5.76. The van der Waals surface area contributed by atoms with E-state index in [1.807, 2.05) is 42.5 Å². The first-order valence-corrected chi connectivity index (χ1v) is 6.77. The van der Waals surface area contributed by atoms with Gasteiger partial charge in [0.15, 0.2) is 6.10 Å². The van der Waals surface area contributed by atoms with E-state index in [4.69, 9.17) is 9.47 Å². The van der Waals surface area contributed by atoms with Crippen LogP contribution in [0, 0.1) is 0 Å². The minimum atomic E-state index is -0.449. The summed E-state index contributed by atoms with van der Waals surface area (Å²) in [6.07, 6.45) is 1.08. The molecule has 1 aliphatic rings. The molecule has 0 aliphatic carbocycles. The van der Waals surface area contributed by atoms with Gasteiger partial charge >= 0.3 is 5.97 Å². The fourth-order valence-corrected chi connectivity index (χ4v) is 2.27. The number of hydrogen-bond donors (Lipinski definition) is 0. The van der Waals surface area contributed by atoms with Gasteiger partial charge in [-0.3, -0.25) is 0 Å². The van der Waals surface area contributed by atoms with Gasteiger partial charge in [-0.1, -0.05) is 42.5 Å². The van der Waals surface area contributed by atoms with Gasteiger partial charge in [-0.15, -0.1) is 0 Å². The fraction of sp³-hybridized carbons (Fsp3) is 0.235. The predicted molar refractivity (Wildman–Crippen MR) is 75.7 cm³/mol. The van der Waals surface area contributed by atoms with E-state index in [-0.39, 0.29) is 5.97 Å². The monoisotopic (exact) mass is 268 g/mol. The Labute approximate surface area is 118 Å². The topological polar surface area (TPSA) is 35.5 Å². The van der Waals surface area contributed by atoms with Crippen LogP contribution in [0.4, 0.5) is 0 Å². The Morgan fingerprint density at radius 1 is 1.00 bits per heavy atom. The first kappa shape index (κ1) is 12.7. The van der Waals surface area contributed by atoms with Crippen molar-refractivity contribution in [3.63, 3.8) is 0 Å². The molecule has 1 heterocycles. The summed E-state index contributed by atoms with van der Waals surface area (Å²) in [6, 6.07) is 18.2.